The summed E-state index contributed by atoms with van der Waals surface area (Å²) >= 11 is 7.18. The summed E-state index contributed by atoms with van der Waals surface area (Å²) in [4.78, 5) is 56.4. The number of hydrogen-bond donors (Lipinski definition) is 4. The van der Waals surface area contributed by atoms with Crippen LogP contribution in [-0.4, -0.2) is 80.5 Å². The van der Waals surface area contributed by atoms with Crippen molar-refractivity contribution in [1.82, 2.24) is 14.3 Å². The van der Waals surface area contributed by atoms with Crippen molar-refractivity contribution < 1.29 is 47.8 Å². The molecule has 0 spiro atoms. The first kappa shape index (κ1) is 47.4. The molecule has 5 N–H and O–H groups in total. The second-order valence-electron chi connectivity index (χ2n) is 13.5. The van der Waals surface area contributed by atoms with Crippen LogP contribution in [0.3, 0.4) is 0 Å². The number of aliphatic carboxylic acids is 1. The van der Waals surface area contributed by atoms with Gasteiger partial charge in [0.05, 0.1) is 48.8 Å². The van der Waals surface area contributed by atoms with Crippen molar-refractivity contribution in [2.24, 2.45) is 10.4 Å². The zero-order valence-corrected chi connectivity index (χ0v) is 35.3. The second-order valence-corrected chi connectivity index (χ2v) is 18.6. The van der Waals surface area contributed by atoms with E-state index in [1.165, 1.54) is 40.7 Å². The number of nitro benzene ring substituents is 1. The van der Waals surface area contributed by atoms with Gasteiger partial charge in [-0.25, -0.2) is 9.38 Å². The number of nitrogens with zero attached hydrogens (tertiary/aromatic N) is 5. The molecule has 0 saturated heterocycles. The van der Waals surface area contributed by atoms with Crippen LogP contribution < -0.4 is 35.1 Å². The van der Waals surface area contributed by atoms with Gasteiger partial charge < -0.3 is 39.2 Å². The zero-order chi connectivity index (χ0) is 43.4. The fourth-order valence-electron chi connectivity index (χ4n) is 4.97. The average molecular weight is 882 g/mol. The molecule has 0 radical (unpaired) electrons. The van der Waals surface area contributed by atoms with Gasteiger partial charge in [0.25, 0.3) is 11.6 Å². The summed E-state index contributed by atoms with van der Waals surface area (Å²) in [7, 11) is -3.71. The van der Waals surface area contributed by atoms with Crippen LogP contribution in [0.4, 0.5) is 27.1 Å². The predicted molar refractivity (Wildman–Crippen MR) is 220 cm³/mol. The molecule has 17 nitrogen and oxygen atoms in total. The minimum Gasteiger partial charge on any atom is -0.778 e. The molecule has 2 aliphatic rings. The number of carboxylic acid groups (broad SMARTS) is 1. The number of carbonyl (C=O) groups excluding carboxylic acids is 1. The lowest BCUT2D eigenvalue weighted by molar-refractivity contribution is -0.383. The van der Waals surface area contributed by atoms with Gasteiger partial charge in [0.2, 0.25) is 4.80 Å². The van der Waals surface area contributed by atoms with E-state index < -0.39 is 37.1 Å². The standard InChI is InChI=1S/C18H17FN4O2S.C12H9ClN2O3.C3H8NO5P.C3H9S/c1-4-5-22-13-7-12(11(19)6-14(13)25-9-16(22)24)20-17-23-10-18(2,3)8-15(23)21-26-17;13-11-10(18-8-4-2-1-3-5-8)7-6-9(12(11)14)15(16)17;5-3(6)1-4-2-10(7,8)9;1-4(2)3/h1,6-7H,5,8-10H2,2-3H3;1-7H,14H2;4H,1-2H2,(H,5,6)(H2,7,8,9);1-3H3/q;;;+1/p-1/b20-17-;;;. The maximum Gasteiger partial charge on any atom is 0.317 e. The number of ether oxygens (including phenoxy) is 2. The molecule has 0 saturated carbocycles. The number of carboxylic acids is 1. The van der Waals surface area contributed by atoms with Gasteiger partial charge in [0, 0.05) is 36.6 Å². The number of para-hydroxylation sites is 1. The van der Waals surface area contributed by atoms with Gasteiger partial charge in [-0.2, -0.15) is 4.37 Å². The van der Waals surface area contributed by atoms with Crippen molar-refractivity contribution in [2.75, 3.05) is 55.4 Å². The molecule has 3 heterocycles. The Morgan fingerprint density at radius 1 is 1.28 bits per heavy atom. The van der Waals surface area contributed by atoms with Crippen LogP contribution in [0.25, 0.3) is 0 Å². The van der Waals surface area contributed by atoms with Crippen LogP contribution in [0.2, 0.25) is 5.02 Å². The number of rotatable bonds is 9. The largest absolute Gasteiger partial charge is 0.778 e. The quantitative estimate of drug-likeness (QED) is 0.0451. The van der Waals surface area contributed by atoms with E-state index in [0.717, 1.165) is 18.8 Å². The van der Waals surface area contributed by atoms with Crippen molar-refractivity contribution in [2.45, 2.75) is 26.8 Å². The molecule has 0 aliphatic carbocycles. The summed E-state index contributed by atoms with van der Waals surface area (Å²) in [5, 5.41) is 20.7. The van der Waals surface area contributed by atoms with E-state index in [4.69, 9.17) is 43.2 Å². The van der Waals surface area contributed by atoms with Crippen LogP contribution in [0.15, 0.2) is 59.6 Å². The third-order valence-electron chi connectivity index (χ3n) is 7.31. The molecule has 4 aromatic rings. The number of carbonyl (C=O) groups is 2. The normalized spacial score (nSPS) is 14.7. The Morgan fingerprint density at radius 3 is 2.52 bits per heavy atom. The zero-order valence-electron chi connectivity index (χ0n) is 32.0. The Bertz CT molecular complexity index is 2260. The van der Waals surface area contributed by atoms with Gasteiger partial charge in [-0.3, -0.25) is 29.9 Å². The highest BCUT2D eigenvalue weighted by atomic mass is 35.5. The first-order valence-corrected chi connectivity index (χ1v) is 22.2. The van der Waals surface area contributed by atoms with Crippen LogP contribution in [0.5, 0.6) is 17.2 Å². The van der Waals surface area contributed by atoms with Gasteiger partial charge in [-0.05, 0) is 40.6 Å². The topological polar surface area (TPSA) is 248 Å². The molecule has 3 aromatic carbocycles. The molecule has 6 rings (SSSR count). The molecule has 312 valence electrons. The summed E-state index contributed by atoms with van der Waals surface area (Å²) in [6.45, 7) is 4.57. The van der Waals surface area contributed by atoms with Crippen LogP contribution in [0, 0.1) is 33.7 Å². The summed E-state index contributed by atoms with van der Waals surface area (Å²) in [5.41, 5.74) is 5.92. The number of terminal acetylenes is 1. The number of anilines is 2. The van der Waals surface area contributed by atoms with Crippen molar-refractivity contribution in [1.29, 1.82) is 0 Å². The average Bonchev–Trinajstić information content (AvgIpc) is 3.63. The molecule has 2 aliphatic heterocycles. The number of nitrogens with two attached hydrogens (primary N) is 1. The molecule has 0 bridgehead atoms. The number of halogens is 2. The fourth-order valence-corrected chi connectivity index (χ4v) is 6.32. The minimum absolute atomic E-state index is 0.0352. The highest BCUT2D eigenvalue weighted by Gasteiger charge is 2.31. The fraction of sp³-hybridized carbons (Fsp3) is 0.333. The lowest BCUT2D eigenvalue weighted by Crippen LogP contribution is -2.39. The third-order valence-corrected chi connectivity index (χ3v) is 9.10. The number of fused-ring (bicyclic) bond motifs is 2. The molecule has 0 fully saturated rings. The third kappa shape index (κ3) is 14.4. The van der Waals surface area contributed by atoms with E-state index in [2.05, 4.69) is 47.9 Å². The number of nitro groups is 1. The Hall–Kier alpha value is -5.00. The summed E-state index contributed by atoms with van der Waals surface area (Å²) in [6.07, 6.45) is 12.1. The van der Waals surface area contributed by atoms with Gasteiger partial charge in [-0.1, -0.05) is 49.6 Å². The highest BCUT2D eigenvalue weighted by Crippen LogP contribution is 2.39. The second kappa shape index (κ2) is 21.1. The van der Waals surface area contributed by atoms with Crippen molar-refractivity contribution in [3.05, 3.63) is 86.2 Å². The Labute approximate surface area is 345 Å². The van der Waals surface area contributed by atoms with E-state index in [0.29, 0.717) is 32.9 Å². The maximum atomic E-state index is 14.5. The van der Waals surface area contributed by atoms with E-state index in [-0.39, 0.29) is 52.3 Å². The molecular weight excluding hydrogens is 840 g/mol. The van der Waals surface area contributed by atoms with E-state index in [1.54, 1.807) is 24.3 Å². The first-order valence-electron chi connectivity index (χ1n) is 16.8. The van der Waals surface area contributed by atoms with Crippen LogP contribution >= 0.6 is 30.7 Å². The first-order chi connectivity index (χ1) is 27.1. The SMILES string of the molecule is C#CCN1C(=O)COc2cc(F)c(/N=c3\snc4n3CC(C)(C)C4)cc21.C[S+](C)C.Nc1c([N+](=O)[O-])ccc(Oc2ccccc2)c1Cl.O=C(O)CNCP(=O)([O-])O. The number of hydrogen-bond acceptors (Lipinski definition) is 13. The van der Waals surface area contributed by atoms with Crippen LogP contribution in [-0.2, 0) is 38.0 Å². The lowest BCUT2D eigenvalue weighted by atomic mass is 9.92. The summed E-state index contributed by atoms with van der Waals surface area (Å²) < 4.78 is 41.8. The number of nitrogen functional groups attached to an aromatic ring is 1. The van der Waals surface area contributed by atoms with Gasteiger partial charge >= 0.3 is 5.97 Å². The van der Waals surface area contributed by atoms with E-state index >= 15 is 0 Å². The maximum absolute atomic E-state index is 14.5. The minimum atomic E-state index is -4.35. The van der Waals surface area contributed by atoms with Crippen molar-refractivity contribution in [3.63, 3.8) is 0 Å². The molecule has 1 unspecified atom stereocenters. The smallest absolute Gasteiger partial charge is 0.317 e. The molecule has 58 heavy (non-hydrogen) atoms. The Balaban J connectivity index is 0.000000244. The number of aromatic nitrogens is 2. The van der Waals surface area contributed by atoms with Gasteiger partial charge in [0.15, 0.2) is 12.4 Å². The van der Waals surface area contributed by atoms with Gasteiger partial charge in [-0.15, -0.1) is 6.42 Å². The molecule has 1 amide bonds. The Morgan fingerprint density at radius 2 is 1.93 bits per heavy atom. The van der Waals surface area contributed by atoms with Crippen molar-refractivity contribution in [3.8, 4) is 29.6 Å². The molecule has 1 atom stereocenters. The molecular formula is C36H42ClFN7O10PS2. The molecule has 1 aromatic heterocycles. The monoisotopic (exact) mass is 881 g/mol. The summed E-state index contributed by atoms with van der Waals surface area (Å²) in [6, 6.07) is 14.4. The van der Waals surface area contributed by atoms with E-state index in [9.17, 15) is 33.6 Å². The molecule has 22 heteroatoms. The van der Waals surface area contributed by atoms with Crippen LogP contribution in [0.1, 0.15) is 19.7 Å². The van der Waals surface area contributed by atoms with Crippen molar-refractivity contribution >= 4 is 76.3 Å². The Kier molecular flexibility index (Phi) is 17.3. The number of nitrogens with one attached hydrogen (secondary N) is 1. The van der Waals surface area contributed by atoms with E-state index in [1.807, 2.05) is 16.0 Å². The summed E-state index contributed by atoms with van der Waals surface area (Å²) in [5.74, 6) is 2.61. The van der Waals surface area contributed by atoms with Gasteiger partial charge in [0.1, 0.15) is 47.1 Å². The highest BCUT2D eigenvalue weighted by molar-refractivity contribution is 7.94. The predicted octanol–water partition coefficient (Wildman–Crippen LogP) is 4.54. The number of amides is 1. The number of benzene rings is 3. The lowest BCUT2D eigenvalue weighted by Gasteiger charge is -2.28.